The monoisotopic (exact) mass is 201 g/mol. The lowest BCUT2D eigenvalue weighted by molar-refractivity contribution is -0.119. The predicted octanol–water partition coefficient (Wildman–Crippen LogP) is -0.148. The molecule has 2 N–H and O–H groups in total. The molecule has 0 fully saturated rings. The second kappa shape index (κ2) is 6.15. The lowest BCUT2D eigenvalue weighted by Crippen LogP contribution is -2.25. The Balaban J connectivity index is 4.67. The first-order valence-corrected chi connectivity index (χ1v) is 4.09. The van der Waals surface area contributed by atoms with Gasteiger partial charge in [0.1, 0.15) is 18.1 Å². The SMILES string of the molecule is CO/C(=C/C(N)=O)[C@H](C)[C@H](C=O)OC. The molecule has 0 radical (unpaired) electrons. The van der Waals surface area contributed by atoms with Crippen molar-refractivity contribution >= 4 is 12.2 Å². The van der Waals surface area contributed by atoms with E-state index in [0.717, 1.165) is 6.08 Å². The minimum atomic E-state index is -0.638. The number of carbonyl (C=O) groups is 2. The highest BCUT2D eigenvalue weighted by Gasteiger charge is 2.21. The molecule has 0 aromatic heterocycles. The summed E-state index contributed by atoms with van der Waals surface area (Å²) in [5.41, 5.74) is 4.97. The van der Waals surface area contributed by atoms with Crippen LogP contribution in [0.25, 0.3) is 0 Å². The average Bonchev–Trinajstić information content (AvgIpc) is 2.15. The summed E-state index contributed by atoms with van der Waals surface area (Å²) in [6.07, 6.45) is 1.15. The van der Waals surface area contributed by atoms with Crippen molar-refractivity contribution in [2.24, 2.45) is 11.7 Å². The van der Waals surface area contributed by atoms with E-state index in [4.69, 9.17) is 15.2 Å². The van der Waals surface area contributed by atoms with Gasteiger partial charge in [-0.25, -0.2) is 0 Å². The number of amides is 1. The Labute approximate surface area is 82.9 Å². The predicted molar refractivity (Wildman–Crippen MR) is 50.3 cm³/mol. The normalized spacial score (nSPS) is 15.8. The molecule has 0 heterocycles. The van der Waals surface area contributed by atoms with Gasteiger partial charge in [-0.15, -0.1) is 0 Å². The Hall–Kier alpha value is -1.36. The zero-order valence-electron chi connectivity index (χ0n) is 8.52. The number of hydrogen-bond donors (Lipinski definition) is 1. The molecule has 0 aromatic rings. The van der Waals surface area contributed by atoms with E-state index in [1.165, 1.54) is 14.2 Å². The summed E-state index contributed by atoms with van der Waals surface area (Å²) in [7, 11) is 2.82. The fourth-order valence-electron chi connectivity index (χ4n) is 1.06. The van der Waals surface area contributed by atoms with E-state index in [1.807, 2.05) is 0 Å². The molecule has 0 bridgehead atoms. The number of primary amides is 1. The van der Waals surface area contributed by atoms with Crippen molar-refractivity contribution in [1.29, 1.82) is 0 Å². The third-order valence-electron chi connectivity index (χ3n) is 1.87. The van der Waals surface area contributed by atoms with Crippen molar-refractivity contribution in [2.75, 3.05) is 14.2 Å². The number of carbonyl (C=O) groups excluding carboxylic acids is 2. The highest BCUT2D eigenvalue weighted by Crippen LogP contribution is 2.16. The molecule has 2 atom stereocenters. The number of nitrogens with two attached hydrogens (primary N) is 1. The Bertz CT molecular complexity index is 237. The highest BCUT2D eigenvalue weighted by atomic mass is 16.5. The maximum Gasteiger partial charge on any atom is 0.244 e. The first kappa shape index (κ1) is 12.6. The third-order valence-corrected chi connectivity index (χ3v) is 1.87. The van der Waals surface area contributed by atoms with E-state index < -0.39 is 12.0 Å². The fourth-order valence-corrected chi connectivity index (χ4v) is 1.06. The summed E-state index contributed by atoms with van der Waals surface area (Å²) >= 11 is 0. The lowest BCUT2D eigenvalue weighted by Gasteiger charge is -2.19. The van der Waals surface area contributed by atoms with Gasteiger partial charge >= 0.3 is 0 Å². The van der Waals surface area contributed by atoms with Gasteiger partial charge in [0, 0.05) is 19.1 Å². The van der Waals surface area contributed by atoms with Crippen LogP contribution in [-0.2, 0) is 19.1 Å². The molecule has 0 spiro atoms. The fraction of sp³-hybridized carbons (Fsp3) is 0.556. The van der Waals surface area contributed by atoms with Gasteiger partial charge in [-0.05, 0) is 0 Å². The van der Waals surface area contributed by atoms with Crippen molar-refractivity contribution in [3.8, 4) is 0 Å². The third kappa shape index (κ3) is 3.57. The molecule has 5 nitrogen and oxygen atoms in total. The second-order valence-corrected chi connectivity index (χ2v) is 2.78. The molecule has 0 aliphatic heterocycles. The molecule has 1 amide bonds. The van der Waals surface area contributed by atoms with Crippen LogP contribution in [0.3, 0.4) is 0 Å². The molecule has 0 aromatic carbocycles. The van der Waals surface area contributed by atoms with E-state index in [2.05, 4.69) is 0 Å². The Morgan fingerprint density at radius 2 is 2.00 bits per heavy atom. The van der Waals surface area contributed by atoms with Crippen LogP contribution in [0, 0.1) is 5.92 Å². The van der Waals surface area contributed by atoms with Gasteiger partial charge in [-0.1, -0.05) is 6.92 Å². The number of aldehydes is 1. The van der Waals surface area contributed by atoms with Gasteiger partial charge in [-0.2, -0.15) is 0 Å². The molecule has 0 saturated heterocycles. The van der Waals surface area contributed by atoms with Crippen LogP contribution < -0.4 is 5.73 Å². The van der Waals surface area contributed by atoms with Crippen molar-refractivity contribution in [2.45, 2.75) is 13.0 Å². The first-order chi connectivity index (χ1) is 6.56. The topological polar surface area (TPSA) is 78.6 Å². The maximum absolute atomic E-state index is 10.6. The summed E-state index contributed by atoms with van der Waals surface area (Å²) in [6, 6.07) is 0. The minimum Gasteiger partial charge on any atom is -0.500 e. The van der Waals surface area contributed by atoms with Crippen LogP contribution in [0.4, 0.5) is 0 Å². The number of rotatable bonds is 6. The van der Waals surface area contributed by atoms with E-state index >= 15 is 0 Å². The molecule has 0 unspecified atom stereocenters. The summed E-state index contributed by atoms with van der Waals surface area (Å²) in [4.78, 5) is 21.2. The van der Waals surface area contributed by atoms with Gasteiger partial charge in [0.15, 0.2) is 0 Å². The largest absolute Gasteiger partial charge is 0.500 e. The van der Waals surface area contributed by atoms with Crippen LogP contribution >= 0.6 is 0 Å². The van der Waals surface area contributed by atoms with Gasteiger partial charge in [0.05, 0.1) is 7.11 Å². The second-order valence-electron chi connectivity index (χ2n) is 2.78. The average molecular weight is 201 g/mol. The first-order valence-electron chi connectivity index (χ1n) is 4.09. The van der Waals surface area contributed by atoms with Crippen LogP contribution in [-0.4, -0.2) is 32.5 Å². The molecule has 0 aliphatic rings. The summed E-state index contributed by atoms with van der Waals surface area (Å²) in [5, 5.41) is 0. The van der Waals surface area contributed by atoms with Crippen LogP contribution in [0.5, 0.6) is 0 Å². The highest BCUT2D eigenvalue weighted by molar-refractivity contribution is 5.86. The summed E-state index contributed by atoms with van der Waals surface area (Å²) < 4.78 is 9.81. The number of hydrogen-bond acceptors (Lipinski definition) is 4. The van der Waals surface area contributed by atoms with Gasteiger partial charge < -0.3 is 20.0 Å². The van der Waals surface area contributed by atoms with Crippen LogP contribution in [0.2, 0.25) is 0 Å². The molecule has 5 heteroatoms. The molecule has 0 rings (SSSR count). The standard InChI is InChI=1S/C9H15NO4/c1-6(8(5-11)14-3)7(13-2)4-9(10)12/h4-6,8H,1-3H3,(H2,10,12)/b7-4+/t6-,8-/m0/s1. The van der Waals surface area contributed by atoms with Crippen molar-refractivity contribution in [1.82, 2.24) is 0 Å². The zero-order valence-corrected chi connectivity index (χ0v) is 8.52. The van der Waals surface area contributed by atoms with E-state index in [-0.39, 0.29) is 5.92 Å². The van der Waals surface area contributed by atoms with Crippen LogP contribution in [0.1, 0.15) is 6.92 Å². The van der Waals surface area contributed by atoms with Crippen LogP contribution in [0.15, 0.2) is 11.8 Å². The molecular weight excluding hydrogens is 186 g/mol. The maximum atomic E-state index is 10.6. The number of ether oxygens (including phenoxy) is 2. The van der Waals surface area contributed by atoms with Crippen molar-refractivity contribution in [3.05, 3.63) is 11.8 Å². The molecule has 14 heavy (non-hydrogen) atoms. The lowest BCUT2D eigenvalue weighted by atomic mass is 10.0. The van der Waals surface area contributed by atoms with E-state index in [0.29, 0.717) is 12.0 Å². The summed E-state index contributed by atoms with van der Waals surface area (Å²) in [6.45, 7) is 1.71. The Morgan fingerprint density at radius 3 is 2.29 bits per heavy atom. The molecular formula is C9H15NO4. The van der Waals surface area contributed by atoms with Gasteiger partial charge in [0.2, 0.25) is 5.91 Å². The summed E-state index contributed by atoms with van der Waals surface area (Å²) in [5.74, 6) is -0.624. The molecule has 80 valence electrons. The Kier molecular flexibility index (Phi) is 5.55. The minimum absolute atomic E-state index is 0.330. The van der Waals surface area contributed by atoms with Crippen molar-refractivity contribution in [3.63, 3.8) is 0 Å². The van der Waals surface area contributed by atoms with Gasteiger partial charge in [-0.3, -0.25) is 4.79 Å². The Morgan fingerprint density at radius 1 is 1.43 bits per heavy atom. The van der Waals surface area contributed by atoms with Crippen molar-refractivity contribution < 1.29 is 19.1 Å². The quantitative estimate of drug-likeness (QED) is 0.368. The molecule has 0 saturated carbocycles. The smallest absolute Gasteiger partial charge is 0.244 e. The van der Waals surface area contributed by atoms with E-state index in [9.17, 15) is 9.59 Å². The molecule has 0 aliphatic carbocycles. The number of methoxy groups -OCH3 is 2. The van der Waals surface area contributed by atoms with Gasteiger partial charge in [0.25, 0.3) is 0 Å². The van der Waals surface area contributed by atoms with E-state index in [1.54, 1.807) is 6.92 Å². The zero-order chi connectivity index (χ0) is 11.1.